The number of benzene rings is 1. The molecule has 4 heteroatoms. The molecule has 0 amide bonds. The zero-order chi connectivity index (χ0) is 12.1. The maximum Gasteiger partial charge on any atom is 0.196 e. The number of anilines is 2. The van der Waals surface area contributed by atoms with Gasteiger partial charge < -0.3 is 19.5 Å². The fourth-order valence-electron chi connectivity index (χ4n) is 2.73. The Kier molecular flexibility index (Phi) is 1.89. The van der Waals surface area contributed by atoms with Crippen molar-refractivity contribution < 1.29 is 8.83 Å². The molecule has 18 heavy (non-hydrogen) atoms. The predicted molar refractivity (Wildman–Crippen MR) is 71.8 cm³/mol. The summed E-state index contributed by atoms with van der Waals surface area (Å²) >= 11 is 0. The summed E-state index contributed by atoms with van der Waals surface area (Å²) in [5.74, 6) is 1.40. The summed E-state index contributed by atoms with van der Waals surface area (Å²) in [7, 11) is 0. The van der Waals surface area contributed by atoms with Gasteiger partial charge in [-0.05, 0) is 25.0 Å². The first-order valence-electron chi connectivity index (χ1n) is 6.28. The molecule has 0 unspecified atom stereocenters. The lowest BCUT2D eigenvalue weighted by atomic mass is 10.2. The Balaban J connectivity index is 1.95. The Labute approximate surface area is 104 Å². The van der Waals surface area contributed by atoms with E-state index >= 15 is 0 Å². The van der Waals surface area contributed by atoms with Crippen LogP contribution >= 0.6 is 0 Å². The fraction of sp³-hybridized carbons (Fsp3) is 0.286. The third kappa shape index (κ3) is 1.32. The summed E-state index contributed by atoms with van der Waals surface area (Å²) < 4.78 is 11.3. The summed E-state index contributed by atoms with van der Waals surface area (Å²) in [6, 6.07) is 7.81. The molecule has 1 saturated heterocycles. The Morgan fingerprint density at radius 3 is 2.39 bits per heavy atom. The average molecular weight is 242 g/mol. The number of nitrogens with two attached hydrogens (primary N) is 1. The van der Waals surface area contributed by atoms with Gasteiger partial charge in [-0.3, -0.25) is 0 Å². The fourth-order valence-corrected chi connectivity index (χ4v) is 2.73. The molecule has 0 bridgehead atoms. The molecule has 3 heterocycles. The Hall–Kier alpha value is -2.10. The van der Waals surface area contributed by atoms with Gasteiger partial charge in [-0.2, -0.15) is 0 Å². The standard InChI is InChI=1S/C14H14N2O2/c15-13-7-9-10-8-14(16-5-1-2-6-16)18-12(10)4-3-11(9)17-13/h3-4,7-8H,1-2,5-6,15H2. The minimum absolute atomic E-state index is 0.446. The van der Waals surface area contributed by atoms with Gasteiger partial charge in [0.05, 0.1) is 0 Å². The van der Waals surface area contributed by atoms with Crippen LogP contribution in [0.3, 0.4) is 0 Å². The van der Waals surface area contributed by atoms with E-state index in [9.17, 15) is 0 Å². The third-order valence-electron chi connectivity index (χ3n) is 3.62. The van der Waals surface area contributed by atoms with Crippen LogP contribution in [0.4, 0.5) is 11.8 Å². The number of fused-ring (bicyclic) bond motifs is 3. The highest BCUT2D eigenvalue weighted by Gasteiger charge is 2.17. The smallest absolute Gasteiger partial charge is 0.196 e. The lowest BCUT2D eigenvalue weighted by Gasteiger charge is -2.12. The molecule has 0 aliphatic carbocycles. The monoisotopic (exact) mass is 242 g/mol. The van der Waals surface area contributed by atoms with Crippen molar-refractivity contribution in [1.82, 2.24) is 0 Å². The molecule has 3 aromatic rings. The molecule has 0 spiro atoms. The van der Waals surface area contributed by atoms with Crippen LogP contribution in [-0.2, 0) is 0 Å². The van der Waals surface area contributed by atoms with Crippen molar-refractivity contribution in [2.45, 2.75) is 12.8 Å². The van der Waals surface area contributed by atoms with Gasteiger partial charge in [0.15, 0.2) is 11.8 Å². The van der Waals surface area contributed by atoms with Crippen LogP contribution in [0.15, 0.2) is 33.1 Å². The number of nitrogen functional groups attached to an aromatic ring is 1. The van der Waals surface area contributed by atoms with Crippen molar-refractivity contribution in [2.24, 2.45) is 0 Å². The molecule has 92 valence electrons. The number of nitrogens with zero attached hydrogens (tertiary/aromatic N) is 1. The summed E-state index contributed by atoms with van der Waals surface area (Å²) in [6.07, 6.45) is 2.48. The number of hydrogen-bond acceptors (Lipinski definition) is 4. The minimum atomic E-state index is 0.446. The van der Waals surface area contributed by atoms with Gasteiger partial charge in [0.25, 0.3) is 0 Å². The topological polar surface area (TPSA) is 55.5 Å². The molecule has 4 rings (SSSR count). The van der Waals surface area contributed by atoms with Gasteiger partial charge in [-0.1, -0.05) is 0 Å². The van der Waals surface area contributed by atoms with Crippen LogP contribution < -0.4 is 10.6 Å². The molecule has 1 aliphatic heterocycles. The first-order chi connectivity index (χ1) is 8.81. The van der Waals surface area contributed by atoms with E-state index in [4.69, 9.17) is 14.6 Å². The van der Waals surface area contributed by atoms with E-state index in [-0.39, 0.29) is 0 Å². The number of hydrogen-bond donors (Lipinski definition) is 1. The van der Waals surface area contributed by atoms with Crippen LogP contribution in [0, 0.1) is 0 Å². The largest absolute Gasteiger partial charge is 0.441 e. The summed E-state index contributed by atoms with van der Waals surface area (Å²) in [5, 5.41) is 2.11. The van der Waals surface area contributed by atoms with Crippen molar-refractivity contribution >= 4 is 33.7 Å². The normalized spacial score (nSPS) is 16.1. The van der Waals surface area contributed by atoms with Crippen molar-refractivity contribution in [3.63, 3.8) is 0 Å². The van der Waals surface area contributed by atoms with Crippen LogP contribution in [0.25, 0.3) is 21.9 Å². The van der Waals surface area contributed by atoms with Crippen LogP contribution in [0.5, 0.6) is 0 Å². The summed E-state index contributed by atoms with van der Waals surface area (Å²) in [6.45, 7) is 2.16. The molecular formula is C14H14N2O2. The molecule has 0 saturated carbocycles. The zero-order valence-corrected chi connectivity index (χ0v) is 9.98. The third-order valence-corrected chi connectivity index (χ3v) is 3.62. The predicted octanol–water partition coefficient (Wildman–Crippen LogP) is 3.36. The zero-order valence-electron chi connectivity index (χ0n) is 9.98. The molecule has 0 atom stereocenters. The highest BCUT2D eigenvalue weighted by molar-refractivity contribution is 6.06. The molecule has 2 aromatic heterocycles. The maximum atomic E-state index is 5.91. The lowest BCUT2D eigenvalue weighted by Crippen LogP contribution is -2.16. The van der Waals surface area contributed by atoms with E-state index in [0.29, 0.717) is 5.88 Å². The van der Waals surface area contributed by atoms with Gasteiger partial charge in [-0.15, -0.1) is 0 Å². The second-order valence-corrected chi connectivity index (χ2v) is 4.82. The molecular weight excluding hydrogens is 228 g/mol. The van der Waals surface area contributed by atoms with Gasteiger partial charge in [0, 0.05) is 36.0 Å². The van der Waals surface area contributed by atoms with E-state index in [1.54, 1.807) is 0 Å². The minimum Gasteiger partial charge on any atom is -0.441 e. The maximum absolute atomic E-state index is 5.91. The van der Waals surface area contributed by atoms with Crippen molar-refractivity contribution in [3.05, 3.63) is 24.3 Å². The summed E-state index contributed by atoms with van der Waals surface area (Å²) in [5.41, 5.74) is 7.41. The highest BCUT2D eigenvalue weighted by atomic mass is 16.4. The average Bonchev–Trinajstić information content (AvgIpc) is 3.05. The second-order valence-electron chi connectivity index (χ2n) is 4.82. The quantitative estimate of drug-likeness (QED) is 0.710. The van der Waals surface area contributed by atoms with E-state index in [2.05, 4.69) is 11.0 Å². The van der Waals surface area contributed by atoms with Gasteiger partial charge in [0.2, 0.25) is 0 Å². The van der Waals surface area contributed by atoms with Crippen molar-refractivity contribution in [3.8, 4) is 0 Å². The molecule has 2 N–H and O–H groups in total. The van der Waals surface area contributed by atoms with Crippen molar-refractivity contribution in [1.29, 1.82) is 0 Å². The molecule has 0 radical (unpaired) electrons. The number of rotatable bonds is 1. The lowest BCUT2D eigenvalue weighted by molar-refractivity contribution is 0.599. The highest BCUT2D eigenvalue weighted by Crippen LogP contribution is 2.35. The molecule has 1 aromatic carbocycles. The molecule has 1 aliphatic rings. The second kappa shape index (κ2) is 3.45. The Morgan fingerprint density at radius 2 is 1.61 bits per heavy atom. The SMILES string of the molecule is Nc1cc2c(ccc3oc(N4CCCC4)cc32)o1. The van der Waals surface area contributed by atoms with E-state index in [0.717, 1.165) is 40.9 Å². The Morgan fingerprint density at radius 1 is 0.944 bits per heavy atom. The first-order valence-corrected chi connectivity index (χ1v) is 6.28. The van der Waals surface area contributed by atoms with Crippen molar-refractivity contribution in [2.75, 3.05) is 23.7 Å². The van der Waals surface area contributed by atoms with Crippen LogP contribution in [0.2, 0.25) is 0 Å². The van der Waals surface area contributed by atoms with E-state index < -0.39 is 0 Å². The number of furan rings is 2. The van der Waals surface area contributed by atoms with Crippen LogP contribution in [0.1, 0.15) is 12.8 Å². The molecule has 4 nitrogen and oxygen atoms in total. The molecule has 1 fully saturated rings. The first kappa shape index (κ1) is 9.88. The summed E-state index contributed by atoms with van der Waals surface area (Å²) in [4.78, 5) is 2.29. The van der Waals surface area contributed by atoms with E-state index in [1.807, 2.05) is 18.2 Å². The Bertz CT molecular complexity index is 720. The van der Waals surface area contributed by atoms with Gasteiger partial charge in [0.1, 0.15) is 11.2 Å². The van der Waals surface area contributed by atoms with Gasteiger partial charge in [-0.25, -0.2) is 0 Å². The van der Waals surface area contributed by atoms with E-state index in [1.165, 1.54) is 12.8 Å². The van der Waals surface area contributed by atoms with Gasteiger partial charge >= 0.3 is 0 Å². The van der Waals surface area contributed by atoms with Crippen LogP contribution in [-0.4, -0.2) is 13.1 Å².